The van der Waals surface area contributed by atoms with E-state index < -0.39 is 0 Å². The molecule has 138 valence electrons. The zero-order chi connectivity index (χ0) is 19.0. The van der Waals surface area contributed by atoms with Crippen LogP contribution in [0.4, 0.5) is 4.79 Å². The van der Waals surface area contributed by atoms with Gasteiger partial charge in [-0.05, 0) is 24.3 Å². The quantitative estimate of drug-likeness (QED) is 0.311. The van der Waals surface area contributed by atoms with Crippen molar-refractivity contribution in [1.82, 2.24) is 9.47 Å². The molecular weight excluding hydrogens is 766 g/mol. The van der Waals surface area contributed by atoms with Crippen LogP contribution >= 0.6 is 94.7 Å². The standard InChI is InChI=1S/C14H13Cl3N2O2.3HI.V/c1-18(14(20)19-4-2-3-5-19)6-7-21-13-11(16)8-10(15)9-12(13)17;;;;/h2-5,8-9H,6-7H2,1H3;3*1H;/q;;;;+3/p-3. The SMILES string of the molecule is CN(CCOc1c(Cl)cc(Cl)cc1Cl)C(=O)n1cccc1.[I][V]([I])[I]. The molecule has 4 nitrogen and oxygen atoms in total. The number of ether oxygens (including phenoxy) is 1. The minimum atomic E-state index is -0.278. The van der Waals surface area contributed by atoms with Crippen molar-refractivity contribution in [2.45, 2.75) is 0 Å². The van der Waals surface area contributed by atoms with Crippen LogP contribution in [0.2, 0.25) is 15.1 Å². The molecule has 0 bridgehead atoms. The third kappa shape index (κ3) is 9.44. The molecule has 2 aromatic rings. The summed E-state index contributed by atoms with van der Waals surface area (Å²) in [4.78, 5) is 13.3. The number of hydrogen-bond donors (Lipinski definition) is 0. The zero-order valence-corrected chi connectivity index (χ0v) is 22.9. The fourth-order valence-corrected chi connectivity index (χ4v) is 2.63. The van der Waals surface area contributed by atoms with Crippen LogP contribution in [-0.4, -0.2) is 35.7 Å². The van der Waals surface area contributed by atoms with E-state index >= 15 is 0 Å². The molecule has 1 aromatic heterocycles. The normalized spacial score (nSPS) is 10.2. The van der Waals surface area contributed by atoms with E-state index in [9.17, 15) is 4.79 Å². The summed E-state index contributed by atoms with van der Waals surface area (Å²) in [5.74, 6) is 0.365. The molecule has 11 heteroatoms. The summed E-state index contributed by atoms with van der Waals surface area (Å²) >= 11 is 25.2. The fraction of sp³-hybridized carbons (Fsp3) is 0.214. The molecular formula is C14H13Cl3I3N2O2V. The number of nitrogens with zero attached hydrogens (tertiary/aromatic N) is 2. The van der Waals surface area contributed by atoms with Crippen molar-refractivity contribution in [2.75, 3.05) is 20.2 Å². The number of benzene rings is 1. The summed E-state index contributed by atoms with van der Waals surface area (Å²) in [5, 5.41) is 1.12. The minimum absolute atomic E-state index is 0.142. The molecule has 0 spiro atoms. The van der Waals surface area contributed by atoms with Crippen LogP contribution in [-0.2, 0) is 4.92 Å². The van der Waals surface area contributed by atoms with Gasteiger partial charge in [-0.1, -0.05) is 34.8 Å². The number of carbonyl (C=O) groups is 1. The Kier molecular flexibility index (Phi) is 12.5. The summed E-state index contributed by atoms with van der Waals surface area (Å²) < 4.78 is 7.02. The average Bonchev–Trinajstić information content (AvgIpc) is 3.02. The van der Waals surface area contributed by atoms with Gasteiger partial charge in [-0.15, -0.1) is 0 Å². The molecule has 0 aliphatic rings. The predicted molar refractivity (Wildman–Crippen MR) is 127 cm³/mol. The number of halogens is 6. The Balaban J connectivity index is 0.000000705. The zero-order valence-electron chi connectivity index (χ0n) is 12.8. The van der Waals surface area contributed by atoms with E-state index in [1.165, 1.54) is 9.47 Å². The summed E-state index contributed by atoms with van der Waals surface area (Å²) in [6.45, 7) is 0.664. The molecule has 0 saturated carbocycles. The van der Waals surface area contributed by atoms with Crippen molar-refractivity contribution < 1.29 is 14.5 Å². The molecule has 2 rings (SSSR count). The first kappa shape index (κ1) is 24.5. The van der Waals surface area contributed by atoms with Gasteiger partial charge in [-0.2, -0.15) is 0 Å². The van der Waals surface area contributed by atoms with Crippen molar-refractivity contribution in [3.8, 4) is 5.75 Å². The summed E-state index contributed by atoms with van der Waals surface area (Å²) in [7, 11) is 1.69. The average molecular weight is 779 g/mol. The van der Waals surface area contributed by atoms with E-state index in [4.69, 9.17) is 39.5 Å². The molecule has 0 N–H and O–H groups in total. The third-order valence-electron chi connectivity index (χ3n) is 2.79. The van der Waals surface area contributed by atoms with Gasteiger partial charge in [0.2, 0.25) is 0 Å². The van der Waals surface area contributed by atoms with Crippen LogP contribution < -0.4 is 4.74 Å². The number of carbonyl (C=O) groups excluding carboxylic acids is 1. The van der Waals surface area contributed by atoms with Crippen LogP contribution in [0, 0.1) is 0 Å². The fourth-order valence-electron chi connectivity index (χ4n) is 1.71. The van der Waals surface area contributed by atoms with Crippen LogP contribution in [0.5, 0.6) is 5.75 Å². The van der Waals surface area contributed by atoms with Crippen molar-refractivity contribution in [3.63, 3.8) is 0 Å². The van der Waals surface area contributed by atoms with Gasteiger partial charge in [0.05, 0.1) is 16.6 Å². The first-order valence-electron chi connectivity index (χ1n) is 6.65. The topological polar surface area (TPSA) is 34.5 Å². The number of rotatable bonds is 4. The molecule has 1 amide bonds. The molecule has 1 heterocycles. The first-order valence-corrected chi connectivity index (χ1v) is 21.3. The van der Waals surface area contributed by atoms with Gasteiger partial charge in [-0.3, -0.25) is 4.57 Å². The molecule has 0 radical (unpaired) electrons. The van der Waals surface area contributed by atoms with E-state index in [0.717, 1.165) is 0 Å². The molecule has 0 unspecified atom stereocenters. The maximum absolute atomic E-state index is 12.0. The van der Waals surface area contributed by atoms with Crippen molar-refractivity contribution >= 4 is 101 Å². The van der Waals surface area contributed by atoms with Gasteiger partial charge in [0, 0.05) is 24.5 Å². The molecule has 0 fully saturated rings. The number of aromatic nitrogens is 1. The van der Waals surface area contributed by atoms with E-state index in [2.05, 4.69) is 59.9 Å². The molecule has 0 saturated heterocycles. The number of amides is 1. The van der Waals surface area contributed by atoms with Crippen LogP contribution in [0.1, 0.15) is 0 Å². The molecule has 0 aliphatic heterocycles. The van der Waals surface area contributed by atoms with E-state index in [0.29, 0.717) is 27.4 Å². The molecule has 1 aromatic carbocycles. The number of likely N-dealkylation sites (N-methyl/N-ethyl adjacent to an activating group) is 1. The second-order valence-electron chi connectivity index (χ2n) is 4.53. The Morgan fingerprint density at radius 2 is 1.64 bits per heavy atom. The Morgan fingerprint density at radius 3 is 2.12 bits per heavy atom. The second kappa shape index (κ2) is 12.8. The van der Waals surface area contributed by atoms with E-state index in [1.54, 1.807) is 43.7 Å². The van der Waals surface area contributed by atoms with Gasteiger partial charge in [0.25, 0.3) is 0 Å². The van der Waals surface area contributed by atoms with Gasteiger partial charge < -0.3 is 9.64 Å². The predicted octanol–water partition coefficient (Wildman–Crippen LogP) is 7.08. The Bertz CT molecular complexity index is 664. The summed E-state index contributed by atoms with van der Waals surface area (Å²) in [6.07, 6.45) is 3.37. The maximum atomic E-state index is 12.0. The van der Waals surface area contributed by atoms with Gasteiger partial charge in [0.15, 0.2) is 5.75 Å². The Hall–Kier alpha value is 1.41. The van der Waals surface area contributed by atoms with Gasteiger partial charge in [0.1, 0.15) is 6.61 Å². The van der Waals surface area contributed by atoms with Crippen LogP contribution in [0.15, 0.2) is 36.7 Å². The number of hydrogen-bond acceptors (Lipinski definition) is 2. The van der Waals surface area contributed by atoms with Crippen LogP contribution in [0.25, 0.3) is 0 Å². The van der Waals surface area contributed by atoms with Crippen molar-refractivity contribution in [3.05, 3.63) is 51.7 Å². The van der Waals surface area contributed by atoms with Gasteiger partial charge >= 0.3 is 70.9 Å². The summed E-state index contributed by atoms with van der Waals surface area (Å²) in [5.41, 5.74) is 0. The van der Waals surface area contributed by atoms with Gasteiger partial charge in [-0.25, -0.2) is 4.79 Å². The molecule has 25 heavy (non-hydrogen) atoms. The Labute approximate surface area is 199 Å². The molecule has 0 atom stereocenters. The Morgan fingerprint density at radius 1 is 1.16 bits per heavy atom. The summed E-state index contributed by atoms with van der Waals surface area (Å²) in [6, 6.07) is 6.54. The second-order valence-corrected chi connectivity index (χ2v) is 41.2. The van der Waals surface area contributed by atoms with Crippen molar-refractivity contribution in [2.24, 2.45) is 0 Å². The first-order chi connectivity index (χ1) is 11.7. The van der Waals surface area contributed by atoms with Crippen LogP contribution in [0.3, 0.4) is 0 Å². The monoisotopic (exact) mass is 778 g/mol. The van der Waals surface area contributed by atoms with Crippen molar-refractivity contribution in [1.29, 1.82) is 0 Å². The van der Waals surface area contributed by atoms with E-state index in [-0.39, 0.29) is 17.6 Å². The van der Waals surface area contributed by atoms with E-state index in [1.807, 2.05) is 0 Å². The third-order valence-corrected chi connectivity index (χ3v) is 3.57. The molecule has 0 aliphatic carbocycles.